The molecule has 0 bridgehead atoms. The number of carbonyl (C=O) groups is 1. The lowest BCUT2D eigenvalue weighted by Gasteiger charge is -2.30. The molecule has 1 aliphatic rings. The highest BCUT2D eigenvalue weighted by Gasteiger charge is 2.32. The summed E-state index contributed by atoms with van der Waals surface area (Å²) < 4.78 is 28.3. The van der Waals surface area contributed by atoms with Crippen LogP contribution in [-0.2, 0) is 14.8 Å². The highest BCUT2D eigenvalue weighted by molar-refractivity contribution is 7.89. The molecule has 1 saturated heterocycles. The van der Waals surface area contributed by atoms with Gasteiger partial charge in [0.15, 0.2) is 0 Å². The lowest BCUT2D eigenvalue weighted by Crippen LogP contribution is -2.41. The molecule has 146 valence electrons. The zero-order chi connectivity index (χ0) is 19.7. The maximum absolute atomic E-state index is 12.8. The predicted molar refractivity (Wildman–Crippen MR) is 113 cm³/mol. The van der Waals surface area contributed by atoms with E-state index >= 15 is 0 Å². The van der Waals surface area contributed by atoms with Crippen LogP contribution in [0.2, 0.25) is 0 Å². The summed E-state index contributed by atoms with van der Waals surface area (Å²) >= 11 is 1.67. The van der Waals surface area contributed by atoms with Crippen LogP contribution in [0.3, 0.4) is 0 Å². The number of hydrogen-bond donors (Lipinski definition) is 1. The Balaban J connectivity index is 1.39. The van der Waals surface area contributed by atoms with Crippen molar-refractivity contribution in [3.63, 3.8) is 0 Å². The Morgan fingerprint density at radius 1 is 1.07 bits per heavy atom. The maximum atomic E-state index is 12.8. The molecule has 5 nitrogen and oxygen atoms in total. The minimum atomic E-state index is -3.50. The van der Waals surface area contributed by atoms with Gasteiger partial charge in [-0.1, -0.05) is 17.7 Å². The van der Waals surface area contributed by atoms with Crippen LogP contribution in [0.25, 0.3) is 10.1 Å². The van der Waals surface area contributed by atoms with Crippen molar-refractivity contribution in [2.45, 2.75) is 24.7 Å². The number of benzene rings is 2. The van der Waals surface area contributed by atoms with Crippen LogP contribution in [0, 0.1) is 12.8 Å². The van der Waals surface area contributed by atoms with Crippen molar-refractivity contribution in [3.05, 3.63) is 59.5 Å². The molecule has 1 aromatic heterocycles. The molecule has 1 amide bonds. The van der Waals surface area contributed by atoms with Gasteiger partial charge in [-0.15, -0.1) is 11.3 Å². The van der Waals surface area contributed by atoms with Crippen LogP contribution in [0.15, 0.2) is 58.8 Å². The third kappa shape index (κ3) is 3.83. The summed E-state index contributed by atoms with van der Waals surface area (Å²) in [5.41, 5.74) is 1.81. The molecule has 28 heavy (non-hydrogen) atoms. The number of piperidine rings is 1. The van der Waals surface area contributed by atoms with E-state index in [-0.39, 0.29) is 11.8 Å². The molecule has 1 fully saturated rings. The number of nitrogens with one attached hydrogen (secondary N) is 1. The van der Waals surface area contributed by atoms with Crippen LogP contribution >= 0.6 is 11.3 Å². The van der Waals surface area contributed by atoms with E-state index in [9.17, 15) is 13.2 Å². The first kappa shape index (κ1) is 19.1. The Labute approximate surface area is 169 Å². The fourth-order valence-electron chi connectivity index (χ4n) is 3.51. The Bertz CT molecular complexity index is 1100. The van der Waals surface area contributed by atoms with Crippen molar-refractivity contribution in [3.8, 4) is 0 Å². The fourth-order valence-corrected chi connectivity index (χ4v) is 5.75. The second-order valence-corrected chi connectivity index (χ2v) is 10.0. The molecule has 0 unspecified atom stereocenters. The monoisotopic (exact) mass is 414 g/mol. The Morgan fingerprint density at radius 2 is 1.79 bits per heavy atom. The Morgan fingerprint density at radius 3 is 2.50 bits per heavy atom. The van der Waals surface area contributed by atoms with Gasteiger partial charge in [-0.05, 0) is 66.9 Å². The summed E-state index contributed by atoms with van der Waals surface area (Å²) in [4.78, 5) is 12.9. The molecule has 0 radical (unpaired) electrons. The lowest BCUT2D eigenvalue weighted by atomic mass is 9.97. The molecule has 0 saturated carbocycles. The van der Waals surface area contributed by atoms with Crippen molar-refractivity contribution < 1.29 is 13.2 Å². The maximum Gasteiger partial charge on any atom is 0.243 e. The van der Waals surface area contributed by atoms with Gasteiger partial charge >= 0.3 is 0 Å². The van der Waals surface area contributed by atoms with Gasteiger partial charge in [0, 0.05) is 29.4 Å². The summed E-state index contributed by atoms with van der Waals surface area (Å²) in [7, 11) is -3.50. The van der Waals surface area contributed by atoms with Crippen LogP contribution in [0.4, 0.5) is 5.69 Å². The van der Waals surface area contributed by atoms with Crippen molar-refractivity contribution in [2.24, 2.45) is 5.92 Å². The van der Waals surface area contributed by atoms with Gasteiger partial charge < -0.3 is 5.32 Å². The van der Waals surface area contributed by atoms with E-state index in [1.165, 1.54) is 9.01 Å². The third-order valence-corrected chi connectivity index (χ3v) is 8.01. The van der Waals surface area contributed by atoms with Crippen molar-refractivity contribution in [2.75, 3.05) is 18.4 Å². The van der Waals surface area contributed by atoms with E-state index in [0.29, 0.717) is 30.8 Å². The molecule has 0 atom stereocenters. The van der Waals surface area contributed by atoms with Gasteiger partial charge in [-0.3, -0.25) is 4.79 Å². The van der Waals surface area contributed by atoms with E-state index in [1.807, 2.05) is 36.6 Å². The summed E-state index contributed by atoms with van der Waals surface area (Å²) in [5, 5.41) is 6.12. The fraction of sp³-hybridized carbons (Fsp3) is 0.286. The zero-order valence-electron chi connectivity index (χ0n) is 15.6. The molecule has 0 spiro atoms. The number of rotatable bonds is 4. The molecule has 1 N–H and O–H groups in total. The van der Waals surface area contributed by atoms with Gasteiger partial charge in [0.25, 0.3) is 0 Å². The minimum Gasteiger partial charge on any atom is -0.326 e. The lowest BCUT2D eigenvalue weighted by molar-refractivity contribution is -0.120. The molecular weight excluding hydrogens is 392 g/mol. The second kappa shape index (κ2) is 7.66. The number of fused-ring (bicyclic) bond motifs is 1. The normalized spacial score (nSPS) is 16.3. The molecular formula is C21H22N2O3S2. The molecule has 2 heterocycles. The molecule has 0 aliphatic carbocycles. The smallest absolute Gasteiger partial charge is 0.243 e. The Kier molecular flexibility index (Phi) is 5.23. The highest BCUT2D eigenvalue weighted by atomic mass is 32.2. The van der Waals surface area contributed by atoms with Gasteiger partial charge in [0.05, 0.1) is 4.90 Å². The molecule has 3 aromatic rings. The summed E-state index contributed by atoms with van der Waals surface area (Å²) in [6.07, 6.45) is 1.05. The van der Waals surface area contributed by atoms with Crippen molar-refractivity contribution in [1.29, 1.82) is 0 Å². The first-order valence-electron chi connectivity index (χ1n) is 9.28. The summed E-state index contributed by atoms with van der Waals surface area (Å²) in [5.74, 6) is -0.218. The second-order valence-electron chi connectivity index (χ2n) is 7.15. The topological polar surface area (TPSA) is 66.5 Å². The number of amides is 1. The Hall–Kier alpha value is -2.22. The highest BCUT2D eigenvalue weighted by Crippen LogP contribution is 2.27. The zero-order valence-corrected chi connectivity index (χ0v) is 17.2. The van der Waals surface area contributed by atoms with Gasteiger partial charge in [0.1, 0.15) is 0 Å². The molecule has 2 aromatic carbocycles. The standard InChI is InChI=1S/C21H22N2O3S2/c1-15-2-5-19(6-3-15)28(25,26)23-11-8-16(9-12-23)21(24)22-18-4-7-20-17(14-18)10-13-27-20/h2-7,10,13-14,16H,8-9,11-12H2,1H3,(H,22,24). The number of sulfonamides is 1. The average Bonchev–Trinajstić information content (AvgIpc) is 3.16. The summed E-state index contributed by atoms with van der Waals surface area (Å²) in [6.45, 7) is 2.65. The number of nitrogens with zero attached hydrogens (tertiary/aromatic N) is 1. The van der Waals surface area contributed by atoms with Gasteiger partial charge in [-0.2, -0.15) is 4.31 Å². The van der Waals surface area contributed by atoms with E-state index in [2.05, 4.69) is 5.32 Å². The van der Waals surface area contributed by atoms with Crippen LogP contribution in [0.1, 0.15) is 18.4 Å². The first-order valence-corrected chi connectivity index (χ1v) is 11.6. The number of anilines is 1. The molecule has 7 heteroatoms. The third-order valence-electron chi connectivity index (χ3n) is 5.20. The van der Waals surface area contributed by atoms with Crippen molar-refractivity contribution in [1.82, 2.24) is 4.31 Å². The van der Waals surface area contributed by atoms with E-state index < -0.39 is 10.0 Å². The summed E-state index contributed by atoms with van der Waals surface area (Å²) in [6, 6.07) is 14.8. The van der Waals surface area contributed by atoms with Gasteiger partial charge in [-0.25, -0.2) is 8.42 Å². The van der Waals surface area contributed by atoms with Crippen LogP contribution in [0.5, 0.6) is 0 Å². The van der Waals surface area contributed by atoms with E-state index in [1.54, 1.807) is 35.6 Å². The minimum absolute atomic E-state index is 0.0398. The molecule has 1 aliphatic heterocycles. The molecule has 4 rings (SSSR count). The van der Waals surface area contributed by atoms with Crippen LogP contribution < -0.4 is 5.32 Å². The number of aryl methyl sites for hydroxylation is 1. The average molecular weight is 415 g/mol. The van der Waals surface area contributed by atoms with Crippen LogP contribution in [-0.4, -0.2) is 31.7 Å². The van der Waals surface area contributed by atoms with Gasteiger partial charge in [0.2, 0.25) is 15.9 Å². The number of carbonyl (C=O) groups excluding carboxylic acids is 1. The SMILES string of the molecule is Cc1ccc(S(=O)(=O)N2CCC(C(=O)Nc3ccc4sccc4c3)CC2)cc1. The predicted octanol–water partition coefficient (Wildman–Crippen LogP) is 4.25. The van der Waals surface area contributed by atoms with E-state index in [0.717, 1.165) is 16.6 Å². The first-order chi connectivity index (χ1) is 13.4. The van der Waals surface area contributed by atoms with E-state index in [4.69, 9.17) is 0 Å². The number of thiophene rings is 1. The quantitative estimate of drug-likeness (QED) is 0.694. The van der Waals surface area contributed by atoms with Crippen molar-refractivity contribution >= 4 is 43.0 Å². The largest absolute Gasteiger partial charge is 0.326 e. The number of hydrogen-bond acceptors (Lipinski definition) is 4.